The van der Waals surface area contributed by atoms with E-state index >= 15 is 0 Å². The van der Waals surface area contributed by atoms with Gasteiger partial charge in [0.05, 0.1) is 24.1 Å². The van der Waals surface area contributed by atoms with Crippen molar-refractivity contribution in [3.63, 3.8) is 0 Å². The Labute approximate surface area is 175 Å². The molecule has 9 heteroatoms. The predicted octanol–water partition coefficient (Wildman–Crippen LogP) is 2.68. The van der Waals surface area contributed by atoms with Gasteiger partial charge in [-0.2, -0.15) is 0 Å². The fraction of sp³-hybridized carbons (Fsp3) is 0.524. The number of aliphatic hydroxyl groups is 1. The number of benzene rings is 1. The highest BCUT2D eigenvalue weighted by Gasteiger charge is 2.43. The van der Waals surface area contributed by atoms with Gasteiger partial charge in [0.2, 0.25) is 0 Å². The van der Waals surface area contributed by atoms with E-state index in [1.165, 1.54) is 30.5 Å². The van der Waals surface area contributed by atoms with E-state index in [-0.39, 0.29) is 24.8 Å². The molecule has 0 unspecified atom stereocenters. The number of non-ortho nitro benzene ring substituents is 1. The van der Waals surface area contributed by atoms with Gasteiger partial charge in [-0.15, -0.1) is 0 Å². The van der Waals surface area contributed by atoms with Crippen molar-refractivity contribution in [3.8, 4) is 5.75 Å². The monoisotopic (exact) mass is 420 g/mol. The van der Waals surface area contributed by atoms with Crippen LogP contribution in [0.3, 0.4) is 0 Å². The van der Waals surface area contributed by atoms with Crippen molar-refractivity contribution >= 4 is 11.6 Å². The second-order valence-electron chi connectivity index (χ2n) is 7.93. The van der Waals surface area contributed by atoms with Crippen LogP contribution in [0, 0.1) is 16.0 Å². The van der Waals surface area contributed by atoms with Crippen molar-refractivity contribution in [2.75, 3.05) is 19.8 Å². The number of nitro groups is 1. The fourth-order valence-electron chi connectivity index (χ4n) is 2.96. The molecule has 0 aromatic heterocycles. The van der Waals surface area contributed by atoms with Gasteiger partial charge in [0, 0.05) is 23.8 Å². The van der Waals surface area contributed by atoms with Crippen LogP contribution >= 0.6 is 0 Å². The van der Waals surface area contributed by atoms with Crippen LogP contribution in [-0.2, 0) is 14.3 Å². The summed E-state index contributed by atoms with van der Waals surface area (Å²) in [6.45, 7) is 8.19. The molecule has 0 spiro atoms. The third-order valence-corrected chi connectivity index (χ3v) is 4.52. The normalized spacial score (nSPS) is 20.0. The Hall–Kier alpha value is -2.87. The Morgan fingerprint density at radius 2 is 2.20 bits per heavy atom. The molecule has 0 saturated heterocycles. The summed E-state index contributed by atoms with van der Waals surface area (Å²) in [5.74, 6) is 2.84. The minimum Gasteiger partial charge on any atom is -0.493 e. The number of hydrogen-bond acceptors (Lipinski definition) is 8. The van der Waals surface area contributed by atoms with Gasteiger partial charge in [-0.1, -0.05) is 13.8 Å². The lowest BCUT2D eigenvalue weighted by Crippen LogP contribution is -2.52. The third-order valence-electron chi connectivity index (χ3n) is 4.52. The van der Waals surface area contributed by atoms with Crippen LogP contribution in [-0.4, -0.2) is 47.4 Å². The van der Waals surface area contributed by atoms with Gasteiger partial charge in [0.1, 0.15) is 42.0 Å². The second-order valence-corrected chi connectivity index (χ2v) is 7.93. The molecule has 9 nitrogen and oxygen atoms in total. The largest absolute Gasteiger partial charge is 0.493 e. The molecule has 1 aliphatic rings. The zero-order valence-electron chi connectivity index (χ0n) is 17.6. The molecule has 0 saturated carbocycles. The first-order valence-electron chi connectivity index (χ1n) is 9.67. The summed E-state index contributed by atoms with van der Waals surface area (Å²) in [5.41, 5.74) is -0.509. The Kier molecular flexibility index (Phi) is 8.00. The number of ether oxygens (including phenoxy) is 3. The highest BCUT2D eigenvalue weighted by atomic mass is 16.6. The van der Waals surface area contributed by atoms with Crippen LogP contribution < -0.4 is 10.1 Å². The minimum atomic E-state index is -0.975. The van der Waals surface area contributed by atoms with Gasteiger partial charge in [-0.25, -0.2) is 4.79 Å². The van der Waals surface area contributed by atoms with Crippen molar-refractivity contribution in [3.05, 3.63) is 52.0 Å². The first kappa shape index (κ1) is 23.4. The highest BCUT2D eigenvalue weighted by Crippen LogP contribution is 2.41. The summed E-state index contributed by atoms with van der Waals surface area (Å²) in [4.78, 5) is 21.0. The molecule has 2 atom stereocenters. The van der Waals surface area contributed by atoms with Gasteiger partial charge < -0.3 is 24.6 Å². The third kappa shape index (κ3) is 6.06. The molecule has 0 bridgehead atoms. The summed E-state index contributed by atoms with van der Waals surface area (Å²) in [7, 11) is 0. The summed E-state index contributed by atoms with van der Waals surface area (Å²) >= 11 is 0. The van der Waals surface area contributed by atoms with E-state index in [2.05, 4.69) is 5.32 Å². The van der Waals surface area contributed by atoms with Crippen LogP contribution in [0.25, 0.3) is 0 Å². The number of nitrogens with one attached hydrogen (secondary N) is 1. The fourth-order valence-corrected chi connectivity index (χ4v) is 2.96. The minimum absolute atomic E-state index is 0.0555. The molecule has 2 N–H and O–H groups in total. The standard InChI is InChI=1S/C21H28N2O7/c1-14(2)12-29-16(13-28-9-5-8-24)11-22-19-17-10-15(23(26)27)6-7-18(17)30-21(3,4)20(19)25/h5-7,10,13-14,19-20,22,25H,9,11-12H2,1-4H3/t19-,20+/m0/s1. The number of aliphatic hydroxyl groups excluding tert-OH is 1. The number of fused-ring (bicyclic) bond motifs is 1. The molecule has 1 aromatic carbocycles. The van der Waals surface area contributed by atoms with Gasteiger partial charge in [-0.3, -0.25) is 10.1 Å². The molecular weight excluding hydrogens is 392 g/mol. The van der Waals surface area contributed by atoms with Gasteiger partial charge in [-0.05, 0) is 25.8 Å². The van der Waals surface area contributed by atoms with E-state index in [4.69, 9.17) is 14.2 Å². The Balaban J connectivity index is 2.25. The van der Waals surface area contributed by atoms with Crippen molar-refractivity contribution in [1.29, 1.82) is 0 Å². The van der Waals surface area contributed by atoms with Crippen molar-refractivity contribution < 1.29 is 29.0 Å². The molecule has 0 fully saturated rings. The second kappa shape index (κ2) is 10.2. The maximum atomic E-state index is 11.2. The topological polar surface area (TPSA) is 120 Å². The first-order valence-corrected chi connectivity index (χ1v) is 9.67. The van der Waals surface area contributed by atoms with Crippen LogP contribution in [0.5, 0.6) is 5.75 Å². The first-order chi connectivity index (χ1) is 14.2. The Morgan fingerprint density at radius 1 is 1.47 bits per heavy atom. The van der Waals surface area contributed by atoms with E-state index in [9.17, 15) is 20.0 Å². The number of nitro benzene ring substituents is 1. The van der Waals surface area contributed by atoms with E-state index < -0.39 is 22.7 Å². The van der Waals surface area contributed by atoms with E-state index in [0.717, 1.165) is 0 Å². The summed E-state index contributed by atoms with van der Waals surface area (Å²) in [6.07, 6.45) is 1.62. The van der Waals surface area contributed by atoms with E-state index in [1.807, 2.05) is 13.8 Å². The van der Waals surface area contributed by atoms with Crippen molar-refractivity contribution in [1.82, 2.24) is 5.32 Å². The lowest BCUT2D eigenvalue weighted by atomic mass is 9.86. The van der Waals surface area contributed by atoms with Gasteiger partial charge >= 0.3 is 0 Å². The lowest BCUT2D eigenvalue weighted by molar-refractivity contribution is -0.385. The molecule has 0 amide bonds. The summed E-state index contributed by atoms with van der Waals surface area (Å²) in [5, 5.41) is 25.2. The molecule has 1 heterocycles. The molecule has 1 aliphatic heterocycles. The summed E-state index contributed by atoms with van der Waals surface area (Å²) < 4.78 is 16.9. The van der Waals surface area contributed by atoms with Crippen LogP contribution in [0.1, 0.15) is 39.3 Å². The van der Waals surface area contributed by atoms with Crippen LogP contribution in [0.4, 0.5) is 5.69 Å². The Morgan fingerprint density at radius 3 is 2.83 bits per heavy atom. The highest BCUT2D eigenvalue weighted by molar-refractivity contribution is 5.48. The summed E-state index contributed by atoms with van der Waals surface area (Å²) in [6, 6.07) is 3.67. The zero-order chi connectivity index (χ0) is 22.3. The molecular formula is C21H28N2O7. The molecule has 0 radical (unpaired) electrons. The smallest absolute Gasteiger partial charge is 0.270 e. The van der Waals surface area contributed by atoms with E-state index in [0.29, 0.717) is 23.7 Å². The lowest BCUT2D eigenvalue weighted by Gasteiger charge is -2.42. The average molecular weight is 420 g/mol. The maximum Gasteiger partial charge on any atom is 0.270 e. The molecule has 2 rings (SSSR count). The quantitative estimate of drug-likeness (QED) is 0.195. The number of nitrogens with zero attached hydrogens (tertiary/aromatic N) is 1. The average Bonchev–Trinajstić information content (AvgIpc) is 2.68. The van der Waals surface area contributed by atoms with Crippen LogP contribution in [0.15, 0.2) is 36.3 Å². The Bertz CT molecular complexity index is 829. The maximum absolute atomic E-state index is 11.2. The van der Waals surface area contributed by atoms with Crippen molar-refractivity contribution in [2.45, 2.75) is 45.4 Å². The molecule has 1 aromatic rings. The number of hydrogen-bond donors (Lipinski definition) is 2. The van der Waals surface area contributed by atoms with Gasteiger partial charge in [0.25, 0.3) is 5.69 Å². The molecule has 0 aliphatic carbocycles. The van der Waals surface area contributed by atoms with Gasteiger partial charge in [0.15, 0.2) is 0 Å². The SMILES string of the molecule is CC(C)COC(=COCC=C=O)CN[C@H]1c2cc([N+](=O)[O-])ccc2OC(C)(C)[C@@H]1O. The zero-order valence-corrected chi connectivity index (χ0v) is 17.6. The number of rotatable bonds is 10. The van der Waals surface area contributed by atoms with Crippen LogP contribution in [0.2, 0.25) is 0 Å². The predicted molar refractivity (Wildman–Crippen MR) is 110 cm³/mol. The van der Waals surface area contributed by atoms with Crippen molar-refractivity contribution in [2.24, 2.45) is 5.92 Å². The molecule has 30 heavy (non-hydrogen) atoms. The van der Waals surface area contributed by atoms with E-state index in [1.54, 1.807) is 19.8 Å². The molecule has 164 valence electrons. The number of carbonyl (C=O) groups excluding carboxylic acids is 1.